The summed E-state index contributed by atoms with van der Waals surface area (Å²) in [5, 5.41) is 10.6. The van der Waals surface area contributed by atoms with Gasteiger partial charge in [-0.1, -0.05) is 60.1 Å². The van der Waals surface area contributed by atoms with Gasteiger partial charge in [-0.3, -0.25) is 4.79 Å². The van der Waals surface area contributed by atoms with Crippen molar-refractivity contribution in [3.8, 4) is 17.6 Å². The summed E-state index contributed by atoms with van der Waals surface area (Å²) in [7, 11) is 0. The molecule has 166 valence electrons. The average molecular weight is 504 g/mol. The smallest absolute Gasteiger partial charge is 0.315 e. The molecule has 2 unspecified atom stereocenters. The standard InChI is InChI=1S/C27H22BrNO4/c1-17(2)26(23-16-31-24-12-11-19(28)14-22(23)24)27(30)33-25(15-29)18-7-6-10-21(13-18)32-20-8-4-3-5-9-20/h3-14,16-17,25-26H,1-2H3. The van der Waals surface area contributed by atoms with Crippen molar-refractivity contribution in [1.82, 2.24) is 0 Å². The molecule has 2 atom stereocenters. The van der Waals surface area contributed by atoms with Crippen LogP contribution in [0.3, 0.4) is 0 Å². The molecule has 4 aromatic rings. The van der Waals surface area contributed by atoms with Gasteiger partial charge in [0, 0.05) is 21.0 Å². The number of nitriles is 1. The zero-order valence-corrected chi connectivity index (χ0v) is 19.8. The van der Waals surface area contributed by atoms with Crippen LogP contribution in [-0.4, -0.2) is 5.97 Å². The van der Waals surface area contributed by atoms with Gasteiger partial charge in [0.2, 0.25) is 6.10 Å². The van der Waals surface area contributed by atoms with E-state index in [9.17, 15) is 10.1 Å². The van der Waals surface area contributed by atoms with Crippen molar-refractivity contribution in [2.24, 2.45) is 5.92 Å². The van der Waals surface area contributed by atoms with E-state index in [1.165, 1.54) is 0 Å². The van der Waals surface area contributed by atoms with E-state index in [4.69, 9.17) is 13.9 Å². The summed E-state index contributed by atoms with van der Waals surface area (Å²) in [4.78, 5) is 13.3. The number of carbonyl (C=O) groups excluding carboxylic acids is 1. The molecular weight excluding hydrogens is 482 g/mol. The lowest BCUT2D eigenvalue weighted by Crippen LogP contribution is -2.22. The number of carbonyl (C=O) groups is 1. The molecule has 3 aromatic carbocycles. The van der Waals surface area contributed by atoms with E-state index >= 15 is 0 Å². The van der Waals surface area contributed by atoms with Crippen LogP contribution in [0.5, 0.6) is 11.5 Å². The van der Waals surface area contributed by atoms with Crippen molar-refractivity contribution in [3.63, 3.8) is 0 Å². The molecule has 1 heterocycles. The lowest BCUT2D eigenvalue weighted by Gasteiger charge is -2.21. The Hall–Kier alpha value is -3.56. The third-order valence-electron chi connectivity index (χ3n) is 5.31. The van der Waals surface area contributed by atoms with E-state index in [2.05, 4.69) is 22.0 Å². The number of hydrogen-bond acceptors (Lipinski definition) is 5. The first kappa shape index (κ1) is 22.6. The summed E-state index contributed by atoms with van der Waals surface area (Å²) < 4.78 is 18.1. The number of esters is 1. The Morgan fingerprint density at radius 2 is 1.76 bits per heavy atom. The number of nitrogens with zero attached hydrogens (tertiary/aromatic N) is 1. The number of furan rings is 1. The van der Waals surface area contributed by atoms with Gasteiger partial charge in [-0.05, 0) is 48.4 Å². The molecule has 0 saturated heterocycles. The molecule has 4 rings (SSSR count). The first-order valence-corrected chi connectivity index (χ1v) is 11.3. The number of hydrogen-bond donors (Lipinski definition) is 0. The van der Waals surface area contributed by atoms with Crippen molar-refractivity contribution >= 4 is 32.9 Å². The Morgan fingerprint density at radius 3 is 2.48 bits per heavy atom. The highest BCUT2D eigenvalue weighted by atomic mass is 79.9. The second-order valence-corrected chi connectivity index (χ2v) is 8.90. The highest BCUT2D eigenvalue weighted by Gasteiger charge is 2.31. The van der Waals surface area contributed by atoms with Gasteiger partial charge in [0.25, 0.3) is 0 Å². The van der Waals surface area contributed by atoms with Crippen molar-refractivity contribution in [2.75, 3.05) is 0 Å². The van der Waals surface area contributed by atoms with Crippen LogP contribution in [0.2, 0.25) is 0 Å². The fraction of sp³-hybridized carbons (Fsp3) is 0.185. The molecule has 33 heavy (non-hydrogen) atoms. The highest BCUT2D eigenvalue weighted by molar-refractivity contribution is 9.10. The Kier molecular flexibility index (Phi) is 6.81. The Labute approximate surface area is 200 Å². The molecule has 6 heteroatoms. The van der Waals surface area contributed by atoms with E-state index in [1.807, 2.05) is 62.4 Å². The van der Waals surface area contributed by atoms with E-state index in [-0.39, 0.29) is 5.92 Å². The zero-order valence-electron chi connectivity index (χ0n) is 18.2. The van der Waals surface area contributed by atoms with Crippen LogP contribution >= 0.6 is 15.9 Å². The van der Waals surface area contributed by atoms with Gasteiger partial charge in [0.1, 0.15) is 23.2 Å². The molecule has 0 radical (unpaired) electrons. The molecule has 0 spiro atoms. The summed E-state index contributed by atoms with van der Waals surface area (Å²) in [6.45, 7) is 3.89. The van der Waals surface area contributed by atoms with Crippen LogP contribution in [0.15, 0.2) is 87.9 Å². The minimum Gasteiger partial charge on any atom is -0.464 e. The first-order chi connectivity index (χ1) is 16.0. The molecule has 0 saturated carbocycles. The molecule has 0 fully saturated rings. The first-order valence-electron chi connectivity index (χ1n) is 10.6. The van der Waals surface area contributed by atoms with Crippen LogP contribution in [0.4, 0.5) is 0 Å². The summed E-state index contributed by atoms with van der Waals surface area (Å²) >= 11 is 3.47. The zero-order chi connectivity index (χ0) is 23.4. The van der Waals surface area contributed by atoms with Gasteiger partial charge in [-0.25, -0.2) is 0 Å². The van der Waals surface area contributed by atoms with Crippen molar-refractivity contribution in [2.45, 2.75) is 25.9 Å². The molecule has 1 aromatic heterocycles. The predicted molar refractivity (Wildman–Crippen MR) is 129 cm³/mol. The van der Waals surface area contributed by atoms with Gasteiger partial charge in [0.15, 0.2) is 0 Å². The molecule has 0 bridgehead atoms. The summed E-state index contributed by atoms with van der Waals surface area (Å²) in [5.41, 5.74) is 1.97. The number of rotatable bonds is 7. The monoisotopic (exact) mass is 503 g/mol. The number of benzene rings is 3. The Balaban J connectivity index is 1.58. The molecule has 0 aliphatic heterocycles. The average Bonchev–Trinajstić information content (AvgIpc) is 3.20. The number of fused-ring (bicyclic) bond motifs is 1. The predicted octanol–water partition coefficient (Wildman–Crippen LogP) is 7.54. The van der Waals surface area contributed by atoms with Crippen LogP contribution in [0.1, 0.15) is 37.0 Å². The normalized spacial score (nSPS) is 12.8. The van der Waals surface area contributed by atoms with E-state index < -0.39 is 18.0 Å². The van der Waals surface area contributed by atoms with E-state index in [0.717, 1.165) is 15.4 Å². The van der Waals surface area contributed by atoms with Crippen molar-refractivity contribution in [1.29, 1.82) is 5.26 Å². The van der Waals surface area contributed by atoms with Crippen molar-refractivity contribution < 1.29 is 18.7 Å². The van der Waals surface area contributed by atoms with Crippen LogP contribution < -0.4 is 4.74 Å². The maximum Gasteiger partial charge on any atom is 0.315 e. The fourth-order valence-electron chi connectivity index (χ4n) is 3.74. The maximum absolute atomic E-state index is 13.3. The minimum atomic E-state index is -1.07. The number of ether oxygens (including phenoxy) is 2. The van der Waals surface area contributed by atoms with Gasteiger partial charge in [-0.2, -0.15) is 5.26 Å². The maximum atomic E-state index is 13.3. The lowest BCUT2D eigenvalue weighted by molar-refractivity contribution is -0.150. The quantitative estimate of drug-likeness (QED) is 0.243. The van der Waals surface area contributed by atoms with Gasteiger partial charge >= 0.3 is 5.97 Å². The molecular formula is C27H22BrNO4. The Morgan fingerprint density at radius 1 is 1.00 bits per heavy atom. The van der Waals surface area contributed by atoms with Crippen molar-refractivity contribution in [3.05, 3.63) is 94.7 Å². The number of halogens is 1. The minimum absolute atomic E-state index is 0.0654. The summed E-state index contributed by atoms with van der Waals surface area (Å²) in [6.07, 6.45) is 0.529. The Bertz CT molecular complexity index is 1310. The topological polar surface area (TPSA) is 72.5 Å². The van der Waals surface area contributed by atoms with Crippen LogP contribution in [0.25, 0.3) is 11.0 Å². The second kappa shape index (κ2) is 9.93. The third kappa shape index (κ3) is 5.10. The molecule has 0 aliphatic rings. The van der Waals surface area contributed by atoms with Gasteiger partial charge in [0.05, 0.1) is 12.2 Å². The fourth-order valence-corrected chi connectivity index (χ4v) is 4.11. The lowest BCUT2D eigenvalue weighted by atomic mass is 9.88. The summed E-state index contributed by atoms with van der Waals surface area (Å²) in [6, 6.07) is 24.1. The SMILES string of the molecule is CC(C)C(C(=O)OC(C#N)c1cccc(Oc2ccccc2)c1)c1coc2ccc(Br)cc12. The highest BCUT2D eigenvalue weighted by Crippen LogP contribution is 2.36. The molecule has 5 nitrogen and oxygen atoms in total. The van der Waals surface area contributed by atoms with Crippen LogP contribution in [0, 0.1) is 17.2 Å². The summed E-state index contributed by atoms with van der Waals surface area (Å²) in [5.74, 6) is 0.109. The van der Waals surface area contributed by atoms with Gasteiger partial charge in [-0.15, -0.1) is 0 Å². The largest absolute Gasteiger partial charge is 0.464 e. The van der Waals surface area contributed by atoms with E-state index in [1.54, 1.807) is 30.5 Å². The van der Waals surface area contributed by atoms with Gasteiger partial charge < -0.3 is 13.9 Å². The van der Waals surface area contributed by atoms with E-state index in [0.29, 0.717) is 22.6 Å². The molecule has 0 amide bonds. The van der Waals surface area contributed by atoms with Crippen LogP contribution in [-0.2, 0) is 9.53 Å². The molecule has 0 N–H and O–H groups in total. The second-order valence-electron chi connectivity index (χ2n) is 7.99. The third-order valence-corrected chi connectivity index (χ3v) is 5.81. The number of para-hydroxylation sites is 1. The molecule has 0 aliphatic carbocycles.